The molecule has 3 aromatic rings. The second-order valence-electron chi connectivity index (χ2n) is 6.04. The lowest BCUT2D eigenvalue weighted by Gasteiger charge is -2.10. The third-order valence-corrected chi connectivity index (χ3v) is 4.95. The maximum Gasteiger partial charge on any atom is 0.271 e. The molecule has 0 fully saturated rings. The molecule has 8 heteroatoms. The van der Waals surface area contributed by atoms with Gasteiger partial charge in [0.05, 0.1) is 12.8 Å². The number of methoxy groups -OCH3 is 1. The predicted molar refractivity (Wildman–Crippen MR) is 112 cm³/mol. The highest BCUT2D eigenvalue weighted by molar-refractivity contribution is 7.98. The summed E-state index contributed by atoms with van der Waals surface area (Å²) in [6, 6.07) is 13.6. The van der Waals surface area contributed by atoms with E-state index in [-0.39, 0.29) is 5.75 Å². The molecule has 0 aliphatic heterocycles. The highest BCUT2D eigenvalue weighted by Gasteiger charge is 2.10. The number of benzene rings is 2. The number of thioether (sulfide) groups is 1. The number of hydrogen-bond acceptors (Lipinski definition) is 7. The molecule has 2 aromatic carbocycles. The van der Waals surface area contributed by atoms with Gasteiger partial charge in [-0.2, -0.15) is 5.10 Å². The molecule has 1 aromatic heterocycles. The van der Waals surface area contributed by atoms with E-state index in [1.165, 1.54) is 23.9 Å². The predicted octanol–water partition coefficient (Wildman–Crippen LogP) is 3.64. The van der Waals surface area contributed by atoms with Crippen LogP contribution in [-0.4, -0.2) is 33.8 Å². The Hall–Kier alpha value is -3.39. The van der Waals surface area contributed by atoms with Crippen LogP contribution in [0.5, 0.6) is 11.5 Å². The lowest BCUT2D eigenvalue weighted by Crippen LogP contribution is -2.19. The Morgan fingerprint density at radius 2 is 1.93 bits per heavy atom. The molecule has 0 aliphatic carbocycles. The number of hydrazone groups is 1. The van der Waals surface area contributed by atoms with E-state index in [1.54, 1.807) is 37.7 Å². The largest absolute Gasteiger partial charge is 0.508 e. The molecule has 7 nitrogen and oxygen atoms in total. The number of nitrogens with one attached hydrogen (secondary N) is 1. The normalized spacial score (nSPS) is 11.2. The Morgan fingerprint density at radius 1 is 1.14 bits per heavy atom. The summed E-state index contributed by atoms with van der Waals surface area (Å²) in [5.74, 6) is 1.02. The maximum absolute atomic E-state index is 12.2. The van der Waals surface area contributed by atoms with Gasteiger partial charge in [-0.25, -0.2) is 15.4 Å². The fraction of sp³-hybridized carbons (Fsp3) is 0.143. The highest BCUT2D eigenvalue weighted by atomic mass is 32.2. The van der Waals surface area contributed by atoms with Crippen LogP contribution >= 0.6 is 11.8 Å². The fourth-order valence-corrected chi connectivity index (χ4v) is 3.31. The number of amides is 1. The first-order valence-electron chi connectivity index (χ1n) is 8.77. The van der Waals surface area contributed by atoms with Crippen molar-refractivity contribution in [1.29, 1.82) is 0 Å². The van der Waals surface area contributed by atoms with Crippen LogP contribution in [0.3, 0.4) is 0 Å². The summed E-state index contributed by atoms with van der Waals surface area (Å²) in [5, 5.41) is 14.4. The van der Waals surface area contributed by atoms with Gasteiger partial charge < -0.3 is 9.84 Å². The van der Waals surface area contributed by atoms with E-state index < -0.39 is 5.91 Å². The second kappa shape index (κ2) is 9.70. The molecule has 1 amide bonds. The number of carbonyl (C=O) groups is 1. The quantitative estimate of drug-likeness (QED) is 0.268. The lowest BCUT2D eigenvalue weighted by atomic mass is 10.1. The van der Waals surface area contributed by atoms with Crippen LogP contribution in [0.1, 0.15) is 28.4 Å². The summed E-state index contributed by atoms with van der Waals surface area (Å²) in [5.41, 5.74) is 5.31. The standard InChI is InChI=1S/C21H20N4O3S/c1-14(24-25-20(27)16-5-3-6-18(26)12-16)15-7-8-19(28-2)17(11-15)13-29-21-22-9-4-10-23-21/h3-12,26H,13H2,1-2H3,(H,25,27)/b24-14-. The molecule has 0 saturated heterocycles. The van der Waals surface area contributed by atoms with Gasteiger partial charge in [0.1, 0.15) is 11.5 Å². The zero-order valence-corrected chi connectivity index (χ0v) is 16.8. The molecule has 0 unspecified atom stereocenters. The molecule has 0 radical (unpaired) electrons. The average Bonchev–Trinajstić information content (AvgIpc) is 2.76. The zero-order chi connectivity index (χ0) is 20.6. The lowest BCUT2D eigenvalue weighted by molar-refractivity contribution is 0.0954. The first-order valence-corrected chi connectivity index (χ1v) is 9.76. The Morgan fingerprint density at radius 3 is 2.66 bits per heavy atom. The Balaban J connectivity index is 1.73. The minimum Gasteiger partial charge on any atom is -0.508 e. The van der Waals surface area contributed by atoms with E-state index in [4.69, 9.17) is 4.74 Å². The Labute approximate surface area is 172 Å². The summed E-state index contributed by atoms with van der Waals surface area (Å²) in [6.45, 7) is 1.81. The van der Waals surface area contributed by atoms with Crippen LogP contribution in [-0.2, 0) is 5.75 Å². The first kappa shape index (κ1) is 20.3. The minimum atomic E-state index is -0.397. The number of carbonyl (C=O) groups excluding carboxylic acids is 1. The van der Waals surface area contributed by atoms with Crippen molar-refractivity contribution in [3.63, 3.8) is 0 Å². The number of rotatable bonds is 7. The Bertz CT molecular complexity index is 1030. The van der Waals surface area contributed by atoms with Gasteiger partial charge in [-0.3, -0.25) is 4.79 Å². The van der Waals surface area contributed by atoms with Gasteiger partial charge in [-0.05, 0) is 55.0 Å². The smallest absolute Gasteiger partial charge is 0.271 e. The molecule has 1 heterocycles. The number of ether oxygens (including phenoxy) is 1. The van der Waals surface area contributed by atoms with Crippen LogP contribution < -0.4 is 10.2 Å². The molecular weight excluding hydrogens is 388 g/mol. The van der Waals surface area contributed by atoms with Gasteiger partial charge in [0.2, 0.25) is 0 Å². The number of nitrogens with zero attached hydrogens (tertiary/aromatic N) is 3. The number of phenols is 1. The van der Waals surface area contributed by atoms with E-state index in [0.717, 1.165) is 16.9 Å². The van der Waals surface area contributed by atoms with E-state index in [1.807, 2.05) is 25.1 Å². The van der Waals surface area contributed by atoms with Gasteiger partial charge >= 0.3 is 0 Å². The summed E-state index contributed by atoms with van der Waals surface area (Å²) >= 11 is 1.50. The van der Waals surface area contributed by atoms with E-state index >= 15 is 0 Å². The van der Waals surface area contributed by atoms with Crippen LogP contribution in [0.25, 0.3) is 0 Å². The topological polar surface area (TPSA) is 96.7 Å². The number of aromatic nitrogens is 2. The summed E-state index contributed by atoms with van der Waals surface area (Å²) in [6.07, 6.45) is 3.41. The van der Waals surface area contributed by atoms with Gasteiger partial charge in [0.25, 0.3) is 5.91 Å². The van der Waals surface area contributed by atoms with Crippen LogP contribution in [0.2, 0.25) is 0 Å². The van der Waals surface area contributed by atoms with Gasteiger partial charge in [-0.1, -0.05) is 17.8 Å². The molecule has 2 N–H and O–H groups in total. The number of aromatic hydroxyl groups is 1. The molecule has 0 aliphatic rings. The summed E-state index contributed by atoms with van der Waals surface area (Å²) in [4.78, 5) is 20.6. The Kier molecular flexibility index (Phi) is 6.80. The van der Waals surface area contributed by atoms with Crippen molar-refractivity contribution < 1.29 is 14.6 Å². The number of hydrogen-bond donors (Lipinski definition) is 2. The van der Waals surface area contributed by atoms with Gasteiger partial charge in [-0.15, -0.1) is 0 Å². The van der Waals surface area contributed by atoms with Crippen molar-refractivity contribution in [2.24, 2.45) is 5.10 Å². The van der Waals surface area contributed by atoms with E-state index in [0.29, 0.717) is 22.2 Å². The van der Waals surface area contributed by atoms with Crippen molar-refractivity contribution in [3.05, 3.63) is 77.6 Å². The zero-order valence-electron chi connectivity index (χ0n) is 16.0. The molecule has 0 atom stereocenters. The highest BCUT2D eigenvalue weighted by Crippen LogP contribution is 2.27. The van der Waals surface area contributed by atoms with Crippen molar-refractivity contribution in [2.45, 2.75) is 17.8 Å². The van der Waals surface area contributed by atoms with Crippen molar-refractivity contribution in [3.8, 4) is 11.5 Å². The van der Waals surface area contributed by atoms with Gasteiger partial charge in [0.15, 0.2) is 5.16 Å². The molecule has 0 spiro atoms. The summed E-state index contributed by atoms with van der Waals surface area (Å²) < 4.78 is 5.45. The monoisotopic (exact) mass is 408 g/mol. The number of phenolic OH excluding ortho intramolecular Hbond substituents is 1. The van der Waals surface area contributed by atoms with Crippen molar-refractivity contribution in [1.82, 2.24) is 15.4 Å². The molecule has 0 saturated carbocycles. The van der Waals surface area contributed by atoms with Crippen LogP contribution in [0.15, 0.2) is 71.2 Å². The molecule has 0 bridgehead atoms. The van der Waals surface area contributed by atoms with Crippen LogP contribution in [0.4, 0.5) is 0 Å². The SMILES string of the molecule is COc1ccc(/C(C)=N\NC(=O)c2cccc(O)c2)cc1CSc1ncccn1. The summed E-state index contributed by atoms with van der Waals surface area (Å²) in [7, 11) is 1.62. The maximum atomic E-state index is 12.2. The third-order valence-electron chi connectivity index (χ3n) is 4.03. The fourth-order valence-electron chi connectivity index (χ4n) is 2.53. The third kappa shape index (κ3) is 5.55. The van der Waals surface area contributed by atoms with Crippen LogP contribution in [0, 0.1) is 0 Å². The van der Waals surface area contributed by atoms with E-state index in [9.17, 15) is 9.90 Å². The second-order valence-corrected chi connectivity index (χ2v) is 6.98. The molecule has 3 rings (SSSR count). The first-order chi connectivity index (χ1) is 14.1. The average molecular weight is 408 g/mol. The molecule has 148 valence electrons. The molecule has 29 heavy (non-hydrogen) atoms. The minimum absolute atomic E-state index is 0.0260. The van der Waals surface area contributed by atoms with Crippen molar-refractivity contribution in [2.75, 3.05) is 7.11 Å². The van der Waals surface area contributed by atoms with Crippen molar-refractivity contribution >= 4 is 23.4 Å². The van der Waals surface area contributed by atoms with Gasteiger partial charge in [0, 0.05) is 29.3 Å². The molecular formula is C21H20N4O3S. The van der Waals surface area contributed by atoms with E-state index in [2.05, 4.69) is 20.5 Å².